The number of carbonyl (C=O) groups excluding carboxylic acids is 1. The van der Waals surface area contributed by atoms with Gasteiger partial charge in [0.15, 0.2) is 11.5 Å². The Morgan fingerprint density at radius 3 is 2.81 bits per heavy atom. The molecular weight excluding hydrogens is 412 g/mol. The van der Waals surface area contributed by atoms with Crippen molar-refractivity contribution in [2.45, 2.75) is 0 Å². The van der Waals surface area contributed by atoms with Crippen molar-refractivity contribution in [2.24, 2.45) is 0 Å². The smallest absolute Gasteiger partial charge is 0.278 e. The number of nitrogens with zero attached hydrogens (tertiary/aromatic N) is 2. The molecule has 4 rings (SSSR count). The summed E-state index contributed by atoms with van der Waals surface area (Å²) in [5.41, 5.74) is 7.71. The van der Waals surface area contributed by atoms with E-state index in [1.807, 2.05) is 24.3 Å². The van der Waals surface area contributed by atoms with Gasteiger partial charge in [-0.2, -0.15) is 0 Å². The molecule has 0 atom stereocenters. The van der Waals surface area contributed by atoms with Crippen LogP contribution in [0.5, 0.6) is 11.5 Å². The maximum atomic E-state index is 12.8. The summed E-state index contributed by atoms with van der Waals surface area (Å²) in [7, 11) is 0. The third kappa shape index (κ3) is 3.56. The number of para-hydroxylation sites is 2. The highest BCUT2D eigenvalue weighted by atomic mass is 79.9. The van der Waals surface area contributed by atoms with Crippen LogP contribution in [0.4, 0.5) is 11.5 Å². The van der Waals surface area contributed by atoms with Gasteiger partial charge in [-0.25, -0.2) is 9.97 Å². The fourth-order valence-electron chi connectivity index (χ4n) is 2.67. The molecule has 0 fully saturated rings. The molecule has 0 unspecified atom stereocenters. The molecule has 8 heteroatoms. The standard InChI is InChI=1S/C19H15BrN4O3/c20-13-6-5-11-9-12(13)15-10-22-18(21)17(23-15)19(25)24-14-3-1-2-4-16(14)27-8-7-26-11/h1-6,9-10H,7-8H2,(H2,21,22)(H,24,25). The fraction of sp³-hybridized carbons (Fsp3) is 0.105. The molecule has 0 saturated carbocycles. The first-order chi connectivity index (χ1) is 13.1. The molecule has 2 aromatic carbocycles. The molecule has 1 aliphatic heterocycles. The second-order valence-corrected chi connectivity index (χ2v) is 6.63. The van der Waals surface area contributed by atoms with Gasteiger partial charge in [-0.05, 0) is 30.3 Å². The van der Waals surface area contributed by atoms with Gasteiger partial charge < -0.3 is 20.5 Å². The van der Waals surface area contributed by atoms with Crippen molar-refractivity contribution in [1.82, 2.24) is 9.97 Å². The van der Waals surface area contributed by atoms with Crippen molar-refractivity contribution in [3.05, 3.63) is 58.8 Å². The molecule has 3 aromatic rings. The van der Waals surface area contributed by atoms with Gasteiger partial charge in [0.1, 0.15) is 24.7 Å². The molecule has 1 aliphatic rings. The number of benzene rings is 2. The number of ether oxygens (including phenoxy) is 2. The van der Waals surface area contributed by atoms with Crippen LogP contribution in [0.1, 0.15) is 10.5 Å². The van der Waals surface area contributed by atoms with Crippen LogP contribution in [0.25, 0.3) is 11.3 Å². The van der Waals surface area contributed by atoms with Gasteiger partial charge in [0.05, 0.1) is 17.6 Å². The van der Waals surface area contributed by atoms with E-state index in [4.69, 9.17) is 15.2 Å². The molecule has 0 aliphatic carbocycles. The Morgan fingerprint density at radius 2 is 1.93 bits per heavy atom. The van der Waals surface area contributed by atoms with Gasteiger partial charge in [0.25, 0.3) is 5.91 Å². The van der Waals surface area contributed by atoms with Gasteiger partial charge >= 0.3 is 0 Å². The Bertz CT molecular complexity index is 1030. The predicted molar refractivity (Wildman–Crippen MR) is 105 cm³/mol. The number of hydrogen-bond acceptors (Lipinski definition) is 6. The van der Waals surface area contributed by atoms with Crippen LogP contribution >= 0.6 is 15.9 Å². The second kappa shape index (κ2) is 7.24. The Hall–Kier alpha value is -3.13. The number of hydrogen-bond donors (Lipinski definition) is 2. The maximum Gasteiger partial charge on any atom is 0.278 e. The van der Waals surface area contributed by atoms with Crippen molar-refractivity contribution in [1.29, 1.82) is 0 Å². The number of rotatable bonds is 0. The van der Waals surface area contributed by atoms with Crippen LogP contribution < -0.4 is 20.5 Å². The van der Waals surface area contributed by atoms with E-state index >= 15 is 0 Å². The first-order valence-corrected chi connectivity index (χ1v) is 8.99. The summed E-state index contributed by atoms with van der Waals surface area (Å²) in [5.74, 6) is 0.779. The lowest BCUT2D eigenvalue weighted by Gasteiger charge is -2.15. The number of halogens is 1. The highest BCUT2D eigenvalue weighted by molar-refractivity contribution is 9.10. The number of amides is 1. The summed E-state index contributed by atoms with van der Waals surface area (Å²) in [5, 5.41) is 2.79. The maximum absolute atomic E-state index is 12.8. The summed E-state index contributed by atoms with van der Waals surface area (Å²) < 4.78 is 12.3. The normalized spacial score (nSPS) is 13.4. The topological polar surface area (TPSA) is 99.4 Å². The lowest BCUT2D eigenvalue weighted by Crippen LogP contribution is -2.18. The first kappa shape index (κ1) is 17.3. The highest BCUT2D eigenvalue weighted by Gasteiger charge is 2.18. The van der Waals surface area contributed by atoms with Crippen molar-refractivity contribution in [3.8, 4) is 22.8 Å². The van der Waals surface area contributed by atoms with E-state index in [9.17, 15) is 4.79 Å². The number of fused-ring (bicyclic) bond motifs is 6. The van der Waals surface area contributed by atoms with Crippen LogP contribution in [0.15, 0.2) is 53.1 Å². The number of aromatic nitrogens is 2. The molecule has 4 bridgehead atoms. The predicted octanol–water partition coefficient (Wildman–Crippen LogP) is 3.51. The van der Waals surface area contributed by atoms with E-state index in [0.717, 1.165) is 10.0 Å². The molecule has 3 N–H and O–H groups in total. The van der Waals surface area contributed by atoms with E-state index in [2.05, 4.69) is 31.2 Å². The Kier molecular flexibility index (Phi) is 4.64. The zero-order valence-corrected chi connectivity index (χ0v) is 15.7. The number of anilines is 2. The van der Waals surface area contributed by atoms with Gasteiger partial charge in [-0.1, -0.05) is 28.1 Å². The first-order valence-electron chi connectivity index (χ1n) is 8.20. The van der Waals surface area contributed by atoms with E-state index in [0.29, 0.717) is 36.1 Å². The lowest BCUT2D eigenvalue weighted by molar-refractivity contribution is 0.102. The molecule has 27 heavy (non-hydrogen) atoms. The van der Waals surface area contributed by atoms with E-state index < -0.39 is 5.91 Å². The van der Waals surface area contributed by atoms with Crippen LogP contribution in [-0.4, -0.2) is 29.1 Å². The average molecular weight is 427 g/mol. The number of carbonyl (C=O) groups is 1. The lowest BCUT2D eigenvalue weighted by atomic mass is 10.1. The molecule has 7 nitrogen and oxygen atoms in total. The van der Waals surface area contributed by atoms with E-state index in [1.54, 1.807) is 18.2 Å². The fourth-order valence-corrected chi connectivity index (χ4v) is 3.12. The minimum atomic E-state index is -0.460. The molecule has 0 saturated heterocycles. The van der Waals surface area contributed by atoms with Crippen LogP contribution in [0.3, 0.4) is 0 Å². The number of nitrogen functional groups attached to an aromatic ring is 1. The van der Waals surface area contributed by atoms with Crippen molar-refractivity contribution >= 4 is 33.3 Å². The number of nitrogens with two attached hydrogens (primary N) is 1. The molecule has 136 valence electrons. The average Bonchev–Trinajstić information content (AvgIpc) is 2.67. The third-order valence-electron chi connectivity index (χ3n) is 3.97. The zero-order chi connectivity index (χ0) is 18.8. The van der Waals surface area contributed by atoms with Gasteiger partial charge in [-0.3, -0.25) is 4.79 Å². The summed E-state index contributed by atoms with van der Waals surface area (Å²) in [6.45, 7) is 0.674. The Labute approximate surface area is 163 Å². The zero-order valence-electron chi connectivity index (χ0n) is 14.1. The highest BCUT2D eigenvalue weighted by Crippen LogP contribution is 2.32. The van der Waals surface area contributed by atoms with Crippen LogP contribution in [0.2, 0.25) is 0 Å². The minimum absolute atomic E-state index is 0.0394. The summed E-state index contributed by atoms with van der Waals surface area (Å²) in [6.07, 6.45) is 1.53. The summed E-state index contributed by atoms with van der Waals surface area (Å²) in [6, 6.07) is 12.7. The second-order valence-electron chi connectivity index (χ2n) is 5.78. The third-order valence-corrected chi connectivity index (χ3v) is 4.67. The van der Waals surface area contributed by atoms with Gasteiger partial charge in [-0.15, -0.1) is 0 Å². The van der Waals surface area contributed by atoms with Crippen molar-refractivity contribution in [3.63, 3.8) is 0 Å². The SMILES string of the molecule is Nc1ncc2nc1C(=O)Nc1ccccc1OCCOc1ccc(Br)c-2c1. The summed E-state index contributed by atoms with van der Waals surface area (Å²) >= 11 is 3.50. The minimum Gasteiger partial charge on any atom is -0.490 e. The van der Waals surface area contributed by atoms with Gasteiger partial charge in [0.2, 0.25) is 0 Å². The number of nitrogens with one attached hydrogen (secondary N) is 1. The van der Waals surface area contributed by atoms with E-state index in [-0.39, 0.29) is 11.5 Å². The van der Waals surface area contributed by atoms with Crippen LogP contribution in [0, 0.1) is 0 Å². The van der Waals surface area contributed by atoms with E-state index in [1.165, 1.54) is 6.20 Å². The molecule has 0 radical (unpaired) electrons. The van der Waals surface area contributed by atoms with Crippen molar-refractivity contribution in [2.75, 3.05) is 24.3 Å². The largest absolute Gasteiger partial charge is 0.490 e. The molecule has 1 amide bonds. The molecule has 0 spiro atoms. The van der Waals surface area contributed by atoms with Crippen molar-refractivity contribution < 1.29 is 14.3 Å². The van der Waals surface area contributed by atoms with Gasteiger partial charge in [0, 0.05) is 10.0 Å². The van der Waals surface area contributed by atoms with Crippen LogP contribution in [-0.2, 0) is 0 Å². The Balaban J connectivity index is 1.84. The summed E-state index contributed by atoms with van der Waals surface area (Å²) in [4.78, 5) is 21.3. The molecular formula is C19H15BrN4O3. The Morgan fingerprint density at radius 1 is 1.11 bits per heavy atom. The monoisotopic (exact) mass is 426 g/mol. The molecule has 2 heterocycles. The quantitative estimate of drug-likeness (QED) is 0.570. The molecule has 1 aromatic heterocycles.